The number of carbonyl (C=O) groups excluding carboxylic acids is 2. The second-order valence-electron chi connectivity index (χ2n) is 6.55. The fraction of sp³-hybridized carbons (Fsp3) is 0.190. The van der Waals surface area contributed by atoms with Gasteiger partial charge in [-0.1, -0.05) is 41.6 Å². The van der Waals surface area contributed by atoms with Crippen molar-refractivity contribution in [1.82, 2.24) is 10.2 Å². The lowest BCUT2D eigenvalue weighted by molar-refractivity contribution is -0.122. The number of halogens is 1. The Morgan fingerprint density at radius 2 is 2.10 bits per heavy atom. The number of thiocarbonyl (C=S) groups is 1. The molecule has 10 heteroatoms. The van der Waals surface area contributed by atoms with Crippen LogP contribution in [0.15, 0.2) is 46.2 Å². The SMILES string of the molecule is CSc1ccc(Cl)c(C(=O)NCCN2C(=O)/C(=C/c3ccc4c(c3)OCO4)SC2=S)c1. The van der Waals surface area contributed by atoms with Crippen LogP contribution in [-0.4, -0.2) is 47.2 Å². The molecule has 0 spiro atoms. The van der Waals surface area contributed by atoms with E-state index >= 15 is 0 Å². The first-order valence-corrected chi connectivity index (χ1v) is 12.1. The first kappa shape index (κ1) is 22.0. The summed E-state index contributed by atoms with van der Waals surface area (Å²) in [5.74, 6) is 0.853. The number of rotatable bonds is 6. The molecular formula is C21H17ClN2O4S3. The summed E-state index contributed by atoms with van der Waals surface area (Å²) in [6, 6.07) is 10.8. The van der Waals surface area contributed by atoms with Gasteiger partial charge in [-0.05, 0) is 48.2 Å². The number of nitrogens with zero attached hydrogens (tertiary/aromatic N) is 1. The van der Waals surface area contributed by atoms with E-state index in [4.69, 9.17) is 33.3 Å². The van der Waals surface area contributed by atoms with E-state index in [1.54, 1.807) is 18.2 Å². The molecule has 1 N–H and O–H groups in total. The molecule has 0 atom stereocenters. The van der Waals surface area contributed by atoms with Crippen molar-refractivity contribution in [3.05, 3.63) is 57.5 Å². The molecule has 6 nitrogen and oxygen atoms in total. The predicted molar refractivity (Wildman–Crippen MR) is 128 cm³/mol. The normalized spacial score (nSPS) is 16.3. The van der Waals surface area contributed by atoms with Crippen molar-refractivity contribution in [2.75, 3.05) is 26.1 Å². The second-order valence-corrected chi connectivity index (χ2v) is 9.51. The molecule has 160 valence electrons. The van der Waals surface area contributed by atoms with Crippen LogP contribution >= 0.6 is 47.3 Å². The van der Waals surface area contributed by atoms with Crippen LogP contribution in [0.2, 0.25) is 5.02 Å². The average molecular weight is 493 g/mol. The first-order chi connectivity index (χ1) is 15.0. The minimum absolute atomic E-state index is 0.190. The van der Waals surface area contributed by atoms with Crippen LogP contribution in [-0.2, 0) is 4.79 Å². The van der Waals surface area contributed by atoms with Crippen LogP contribution in [0.3, 0.4) is 0 Å². The Hall–Kier alpha value is -2.20. The second kappa shape index (κ2) is 9.52. The maximum Gasteiger partial charge on any atom is 0.266 e. The Morgan fingerprint density at radius 1 is 1.29 bits per heavy atom. The van der Waals surface area contributed by atoms with Crippen LogP contribution in [0.25, 0.3) is 6.08 Å². The maximum absolute atomic E-state index is 12.8. The van der Waals surface area contributed by atoms with Gasteiger partial charge >= 0.3 is 0 Å². The fourth-order valence-electron chi connectivity index (χ4n) is 3.03. The number of ether oxygens (including phenoxy) is 2. The first-order valence-electron chi connectivity index (χ1n) is 9.23. The number of amides is 2. The van der Waals surface area contributed by atoms with Crippen LogP contribution in [0.5, 0.6) is 11.5 Å². The van der Waals surface area contributed by atoms with E-state index < -0.39 is 0 Å². The summed E-state index contributed by atoms with van der Waals surface area (Å²) in [5, 5.41) is 3.19. The Labute approximate surface area is 198 Å². The van der Waals surface area contributed by atoms with Crippen LogP contribution < -0.4 is 14.8 Å². The zero-order chi connectivity index (χ0) is 22.0. The van der Waals surface area contributed by atoms with Gasteiger partial charge in [-0.25, -0.2) is 0 Å². The van der Waals surface area contributed by atoms with Gasteiger partial charge < -0.3 is 14.8 Å². The van der Waals surface area contributed by atoms with Gasteiger partial charge in [0.25, 0.3) is 11.8 Å². The van der Waals surface area contributed by atoms with Gasteiger partial charge in [0.05, 0.1) is 15.5 Å². The predicted octanol–water partition coefficient (Wildman–Crippen LogP) is 4.42. The molecule has 0 radical (unpaired) electrons. The summed E-state index contributed by atoms with van der Waals surface area (Å²) < 4.78 is 11.1. The fourth-order valence-corrected chi connectivity index (χ4v) is 4.98. The topological polar surface area (TPSA) is 67.9 Å². The molecule has 2 amide bonds. The highest BCUT2D eigenvalue weighted by Crippen LogP contribution is 2.36. The van der Waals surface area contributed by atoms with Crippen molar-refractivity contribution in [1.29, 1.82) is 0 Å². The molecule has 4 rings (SSSR count). The van der Waals surface area contributed by atoms with Crippen molar-refractivity contribution < 1.29 is 19.1 Å². The molecule has 2 aromatic carbocycles. The number of hydrogen-bond donors (Lipinski definition) is 1. The van der Waals surface area contributed by atoms with E-state index in [0.717, 1.165) is 10.5 Å². The lowest BCUT2D eigenvalue weighted by Gasteiger charge is -2.15. The summed E-state index contributed by atoms with van der Waals surface area (Å²) in [6.45, 7) is 0.719. The number of thioether (sulfide) groups is 2. The van der Waals surface area contributed by atoms with Gasteiger partial charge in [0.15, 0.2) is 11.5 Å². The van der Waals surface area contributed by atoms with Crippen molar-refractivity contribution >= 4 is 69.6 Å². The largest absolute Gasteiger partial charge is 0.454 e. The van der Waals surface area contributed by atoms with E-state index in [0.29, 0.717) is 31.3 Å². The maximum atomic E-state index is 12.8. The molecule has 31 heavy (non-hydrogen) atoms. The molecule has 0 aliphatic carbocycles. The quantitative estimate of drug-likeness (QED) is 0.363. The zero-order valence-corrected chi connectivity index (χ0v) is 19.6. The highest BCUT2D eigenvalue weighted by molar-refractivity contribution is 8.26. The summed E-state index contributed by atoms with van der Waals surface area (Å²) in [5.41, 5.74) is 1.22. The van der Waals surface area contributed by atoms with Crippen molar-refractivity contribution in [3.8, 4) is 11.5 Å². The number of carbonyl (C=O) groups is 2. The Balaban J connectivity index is 1.38. The minimum Gasteiger partial charge on any atom is -0.454 e. The minimum atomic E-state index is -0.290. The van der Waals surface area contributed by atoms with Crippen molar-refractivity contribution in [2.45, 2.75) is 4.90 Å². The standard InChI is InChI=1S/C21H17ClN2O4S3/c1-30-13-3-4-15(22)14(10-13)19(25)23-6-7-24-20(26)18(31-21(24)29)9-12-2-5-16-17(8-12)28-11-27-16/h2-5,8-10H,6-7,11H2,1H3,(H,23,25)/b18-9-. The molecule has 0 aromatic heterocycles. The summed E-state index contributed by atoms with van der Waals surface area (Å²) in [4.78, 5) is 28.2. The van der Waals surface area contributed by atoms with Crippen LogP contribution in [0.1, 0.15) is 15.9 Å². The van der Waals surface area contributed by atoms with Crippen LogP contribution in [0, 0.1) is 0 Å². The molecule has 0 bridgehead atoms. The smallest absolute Gasteiger partial charge is 0.266 e. The van der Waals surface area contributed by atoms with Gasteiger partial charge in [0, 0.05) is 18.0 Å². The van der Waals surface area contributed by atoms with E-state index in [9.17, 15) is 9.59 Å². The van der Waals surface area contributed by atoms with E-state index in [1.165, 1.54) is 28.4 Å². The summed E-state index contributed by atoms with van der Waals surface area (Å²) in [7, 11) is 0. The van der Waals surface area contributed by atoms with E-state index in [-0.39, 0.29) is 31.7 Å². The van der Waals surface area contributed by atoms with Gasteiger partial charge in [0.1, 0.15) is 4.32 Å². The number of nitrogens with one attached hydrogen (secondary N) is 1. The van der Waals surface area contributed by atoms with E-state index in [2.05, 4.69) is 5.32 Å². The van der Waals surface area contributed by atoms with Crippen LogP contribution in [0.4, 0.5) is 0 Å². The lowest BCUT2D eigenvalue weighted by Crippen LogP contribution is -2.37. The third-order valence-electron chi connectivity index (χ3n) is 4.61. The molecule has 2 aliphatic heterocycles. The van der Waals surface area contributed by atoms with Gasteiger partial charge in [-0.15, -0.1) is 11.8 Å². The monoisotopic (exact) mass is 492 g/mol. The van der Waals surface area contributed by atoms with Crippen molar-refractivity contribution in [3.63, 3.8) is 0 Å². The molecule has 1 saturated heterocycles. The molecule has 2 aromatic rings. The van der Waals surface area contributed by atoms with Gasteiger partial charge in [-0.2, -0.15) is 0 Å². The molecule has 0 saturated carbocycles. The van der Waals surface area contributed by atoms with E-state index in [1.807, 2.05) is 30.5 Å². The lowest BCUT2D eigenvalue weighted by atomic mass is 10.2. The third-order valence-corrected chi connectivity index (χ3v) is 7.04. The third kappa shape index (κ3) is 4.85. The Bertz CT molecular complexity index is 1110. The Morgan fingerprint density at radius 3 is 2.90 bits per heavy atom. The molecular weight excluding hydrogens is 476 g/mol. The average Bonchev–Trinajstić information content (AvgIpc) is 3.33. The summed E-state index contributed by atoms with van der Waals surface area (Å²) >= 11 is 14.3. The molecule has 0 unspecified atom stereocenters. The van der Waals surface area contributed by atoms with Gasteiger partial charge in [0.2, 0.25) is 6.79 Å². The van der Waals surface area contributed by atoms with Gasteiger partial charge in [-0.3, -0.25) is 14.5 Å². The summed E-state index contributed by atoms with van der Waals surface area (Å²) in [6.07, 6.45) is 3.70. The molecule has 2 aliphatic rings. The Kier molecular flexibility index (Phi) is 6.76. The number of hydrogen-bond acceptors (Lipinski definition) is 7. The van der Waals surface area contributed by atoms with Crippen molar-refractivity contribution in [2.24, 2.45) is 0 Å². The molecule has 2 heterocycles. The number of benzene rings is 2. The highest BCUT2D eigenvalue weighted by atomic mass is 35.5. The molecule has 1 fully saturated rings. The highest BCUT2D eigenvalue weighted by Gasteiger charge is 2.31. The number of fused-ring (bicyclic) bond motifs is 1. The zero-order valence-electron chi connectivity index (χ0n) is 16.3.